The number of unbranched alkanes of at least 4 members (excludes halogenated alkanes) is 4. The monoisotopic (exact) mass is 274 g/mol. The molecule has 0 rings (SSSR count). The van der Waals surface area contributed by atoms with Crippen molar-refractivity contribution in [2.45, 2.75) is 89.8 Å². The Balaban J connectivity index is 3.24. The van der Waals surface area contributed by atoms with Crippen LogP contribution in [0.3, 0.4) is 0 Å². The van der Waals surface area contributed by atoms with Gasteiger partial charge in [-0.15, -0.1) is 0 Å². The van der Waals surface area contributed by atoms with Gasteiger partial charge in [0.05, 0.1) is 12.2 Å². The Bertz CT molecular complexity index is 218. The number of hydrogen-bond donors (Lipinski definition) is 3. The van der Waals surface area contributed by atoms with E-state index in [-0.39, 0.29) is 12.5 Å². The summed E-state index contributed by atoms with van der Waals surface area (Å²) >= 11 is 0. The Kier molecular flexibility index (Phi) is 12.0. The molecule has 0 radical (unpaired) electrons. The zero-order chi connectivity index (χ0) is 14.5. The van der Waals surface area contributed by atoms with Crippen molar-refractivity contribution in [3.05, 3.63) is 0 Å². The van der Waals surface area contributed by atoms with Gasteiger partial charge in [-0.25, -0.2) is 0 Å². The van der Waals surface area contributed by atoms with E-state index in [1.165, 1.54) is 0 Å². The van der Waals surface area contributed by atoms with E-state index in [1.54, 1.807) is 0 Å². The van der Waals surface area contributed by atoms with Crippen LogP contribution in [0.15, 0.2) is 0 Å². The molecule has 0 aliphatic carbocycles. The van der Waals surface area contributed by atoms with E-state index in [1.807, 2.05) is 0 Å². The van der Waals surface area contributed by atoms with Crippen LogP contribution in [0.25, 0.3) is 0 Å². The molecule has 114 valence electrons. The maximum absolute atomic E-state index is 10.3. The summed E-state index contributed by atoms with van der Waals surface area (Å²) in [5.41, 5.74) is 0. The van der Waals surface area contributed by atoms with Crippen LogP contribution in [0, 0.1) is 0 Å². The number of carbonyl (C=O) groups is 1. The van der Waals surface area contributed by atoms with E-state index in [2.05, 4.69) is 6.92 Å². The molecular weight excluding hydrogens is 244 g/mol. The molecule has 19 heavy (non-hydrogen) atoms. The normalized spacial score (nSPS) is 14.3. The Morgan fingerprint density at radius 2 is 1.32 bits per heavy atom. The molecule has 0 aromatic carbocycles. The van der Waals surface area contributed by atoms with Gasteiger partial charge in [0.2, 0.25) is 0 Å². The second-order valence-corrected chi connectivity index (χ2v) is 5.37. The van der Waals surface area contributed by atoms with Crippen molar-refractivity contribution < 1.29 is 20.1 Å². The minimum absolute atomic E-state index is 0.0521. The van der Waals surface area contributed by atoms with Crippen molar-refractivity contribution >= 4 is 5.97 Å². The van der Waals surface area contributed by atoms with Gasteiger partial charge in [0.15, 0.2) is 0 Å². The Hall–Kier alpha value is -0.610. The summed E-state index contributed by atoms with van der Waals surface area (Å²) in [6.07, 6.45) is 8.71. The quantitative estimate of drug-likeness (QED) is 0.451. The highest BCUT2D eigenvalue weighted by atomic mass is 16.4. The first-order chi connectivity index (χ1) is 9.06. The van der Waals surface area contributed by atoms with E-state index in [4.69, 9.17) is 5.11 Å². The van der Waals surface area contributed by atoms with Crippen LogP contribution < -0.4 is 0 Å². The summed E-state index contributed by atoms with van der Waals surface area (Å²) in [6.45, 7) is 2.08. The third-order valence-corrected chi connectivity index (χ3v) is 3.39. The smallest absolute Gasteiger partial charge is 0.303 e. The lowest BCUT2D eigenvalue weighted by atomic mass is 10.0. The van der Waals surface area contributed by atoms with Gasteiger partial charge >= 0.3 is 5.97 Å². The molecule has 0 bridgehead atoms. The Morgan fingerprint density at radius 3 is 1.79 bits per heavy atom. The van der Waals surface area contributed by atoms with E-state index in [0.29, 0.717) is 12.8 Å². The minimum Gasteiger partial charge on any atom is -0.481 e. The molecule has 0 amide bonds. The molecule has 0 heterocycles. The first kappa shape index (κ1) is 18.4. The van der Waals surface area contributed by atoms with E-state index in [9.17, 15) is 15.0 Å². The SMILES string of the molecule is CCCC(O)CCCCCCCC(O)CCC(=O)O. The molecule has 0 saturated carbocycles. The average Bonchev–Trinajstić information content (AvgIpc) is 2.35. The van der Waals surface area contributed by atoms with E-state index >= 15 is 0 Å². The van der Waals surface area contributed by atoms with Crippen molar-refractivity contribution in [1.82, 2.24) is 0 Å². The fourth-order valence-corrected chi connectivity index (χ4v) is 2.20. The highest BCUT2D eigenvalue weighted by molar-refractivity contribution is 5.66. The first-order valence-electron chi connectivity index (χ1n) is 7.64. The van der Waals surface area contributed by atoms with Gasteiger partial charge in [-0.3, -0.25) is 4.79 Å². The van der Waals surface area contributed by atoms with Crippen LogP contribution in [0.2, 0.25) is 0 Å². The van der Waals surface area contributed by atoms with Crippen molar-refractivity contribution in [2.75, 3.05) is 0 Å². The number of aliphatic hydroxyl groups excluding tert-OH is 2. The highest BCUT2D eigenvalue weighted by Crippen LogP contribution is 2.13. The largest absolute Gasteiger partial charge is 0.481 e. The van der Waals surface area contributed by atoms with Gasteiger partial charge in [-0.05, 0) is 25.7 Å². The third kappa shape index (κ3) is 13.6. The highest BCUT2D eigenvalue weighted by Gasteiger charge is 2.07. The number of rotatable bonds is 13. The molecule has 4 nitrogen and oxygen atoms in total. The lowest BCUT2D eigenvalue weighted by molar-refractivity contribution is -0.137. The maximum atomic E-state index is 10.3. The summed E-state index contributed by atoms with van der Waals surface area (Å²) in [4.78, 5) is 10.3. The zero-order valence-electron chi connectivity index (χ0n) is 12.2. The predicted molar refractivity (Wildman–Crippen MR) is 76.1 cm³/mol. The van der Waals surface area contributed by atoms with Crippen molar-refractivity contribution in [2.24, 2.45) is 0 Å². The number of hydrogen-bond acceptors (Lipinski definition) is 3. The summed E-state index contributed by atoms with van der Waals surface area (Å²) in [5.74, 6) is -0.843. The third-order valence-electron chi connectivity index (χ3n) is 3.39. The Morgan fingerprint density at radius 1 is 0.842 bits per heavy atom. The molecule has 0 aromatic rings. The standard InChI is InChI=1S/C15H30O4/c1-2-8-13(16)9-6-4-3-5-7-10-14(17)11-12-15(18)19/h13-14,16-17H,2-12H2,1H3,(H,18,19). The molecule has 3 N–H and O–H groups in total. The number of aliphatic hydroxyl groups is 2. The molecule has 4 heteroatoms. The molecule has 0 saturated heterocycles. The van der Waals surface area contributed by atoms with Gasteiger partial charge in [0, 0.05) is 6.42 Å². The maximum Gasteiger partial charge on any atom is 0.303 e. The summed E-state index contributed by atoms with van der Waals surface area (Å²) in [7, 11) is 0. The average molecular weight is 274 g/mol. The van der Waals surface area contributed by atoms with Gasteiger partial charge < -0.3 is 15.3 Å². The topological polar surface area (TPSA) is 77.8 Å². The van der Waals surface area contributed by atoms with Crippen LogP contribution >= 0.6 is 0 Å². The fraction of sp³-hybridized carbons (Fsp3) is 0.933. The number of carboxylic acid groups (broad SMARTS) is 1. The van der Waals surface area contributed by atoms with Crippen molar-refractivity contribution in [3.63, 3.8) is 0 Å². The van der Waals surface area contributed by atoms with Gasteiger partial charge in [-0.2, -0.15) is 0 Å². The van der Waals surface area contributed by atoms with E-state index in [0.717, 1.165) is 51.4 Å². The molecule has 0 aliphatic heterocycles. The first-order valence-corrected chi connectivity index (χ1v) is 7.64. The van der Waals surface area contributed by atoms with Crippen LogP contribution in [0.4, 0.5) is 0 Å². The number of carboxylic acids is 1. The molecular formula is C15H30O4. The van der Waals surface area contributed by atoms with Crippen LogP contribution in [0.5, 0.6) is 0 Å². The molecule has 0 spiro atoms. The summed E-state index contributed by atoms with van der Waals surface area (Å²) < 4.78 is 0. The molecule has 0 aliphatic rings. The fourth-order valence-electron chi connectivity index (χ4n) is 2.20. The second-order valence-electron chi connectivity index (χ2n) is 5.37. The Labute approximate surface area is 116 Å². The van der Waals surface area contributed by atoms with Crippen LogP contribution in [-0.4, -0.2) is 33.5 Å². The van der Waals surface area contributed by atoms with E-state index < -0.39 is 12.1 Å². The predicted octanol–water partition coefficient (Wildman–Crippen LogP) is 3.10. The number of aliphatic carboxylic acids is 1. The van der Waals surface area contributed by atoms with Gasteiger partial charge in [-0.1, -0.05) is 45.4 Å². The summed E-state index contributed by atoms with van der Waals surface area (Å²) in [5, 5.41) is 27.6. The summed E-state index contributed by atoms with van der Waals surface area (Å²) in [6, 6.07) is 0. The van der Waals surface area contributed by atoms with Crippen LogP contribution in [-0.2, 0) is 4.79 Å². The van der Waals surface area contributed by atoms with Crippen molar-refractivity contribution in [3.8, 4) is 0 Å². The minimum atomic E-state index is -0.843. The van der Waals surface area contributed by atoms with Crippen LogP contribution in [0.1, 0.15) is 77.6 Å². The lowest BCUT2D eigenvalue weighted by Crippen LogP contribution is -2.09. The molecule has 0 aromatic heterocycles. The van der Waals surface area contributed by atoms with Gasteiger partial charge in [0.25, 0.3) is 0 Å². The second kappa shape index (κ2) is 12.4. The molecule has 2 unspecified atom stereocenters. The van der Waals surface area contributed by atoms with Gasteiger partial charge in [0.1, 0.15) is 0 Å². The molecule has 2 atom stereocenters. The molecule has 0 fully saturated rings. The lowest BCUT2D eigenvalue weighted by Gasteiger charge is -2.10. The van der Waals surface area contributed by atoms with Crippen molar-refractivity contribution in [1.29, 1.82) is 0 Å². The zero-order valence-corrected chi connectivity index (χ0v) is 12.2.